The molecule has 0 atom stereocenters. The van der Waals surface area contributed by atoms with Crippen LogP contribution in [-0.4, -0.2) is 62.3 Å². The number of piperazine rings is 1. The van der Waals surface area contributed by atoms with E-state index in [2.05, 4.69) is 5.32 Å². The summed E-state index contributed by atoms with van der Waals surface area (Å²) in [6.07, 6.45) is 4.40. The Morgan fingerprint density at radius 1 is 1.20 bits per heavy atom. The molecule has 1 saturated carbocycles. The van der Waals surface area contributed by atoms with Gasteiger partial charge in [-0.3, -0.25) is 9.59 Å². The number of ether oxygens (including phenoxy) is 2. The molecule has 0 aromatic rings. The standard InChI is InChI=1S/C14H24N2O4/c1-19-8-4-9-20-10-7-16-12(17)11-15-13(18)14(16)5-2-3-6-14/h2-11H2,1H3,(H,15,18). The van der Waals surface area contributed by atoms with Gasteiger partial charge in [0.15, 0.2) is 0 Å². The molecule has 20 heavy (non-hydrogen) atoms. The summed E-state index contributed by atoms with van der Waals surface area (Å²) in [7, 11) is 1.66. The van der Waals surface area contributed by atoms with Gasteiger partial charge in [-0.05, 0) is 19.3 Å². The maximum absolute atomic E-state index is 12.2. The summed E-state index contributed by atoms with van der Waals surface area (Å²) >= 11 is 0. The lowest BCUT2D eigenvalue weighted by molar-refractivity contribution is -0.154. The molecule has 1 aliphatic heterocycles. The molecule has 1 saturated heterocycles. The summed E-state index contributed by atoms with van der Waals surface area (Å²) in [6, 6.07) is 0. The van der Waals surface area contributed by atoms with Crippen molar-refractivity contribution >= 4 is 11.8 Å². The number of carbonyl (C=O) groups is 2. The lowest BCUT2D eigenvalue weighted by atomic mass is 9.91. The van der Waals surface area contributed by atoms with Crippen LogP contribution in [0.4, 0.5) is 0 Å². The Kier molecular flexibility index (Phi) is 5.37. The molecule has 2 rings (SSSR count). The predicted octanol–water partition coefficient (Wildman–Crippen LogP) is 0.311. The van der Waals surface area contributed by atoms with Crippen LogP contribution in [0.15, 0.2) is 0 Å². The maximum Gasteiger partial charge on any atom is 0.246 e. The third-order valence-corrected chi connectivity index (χ3v) is 4.17. The van der Waals surface area contributed by atoms with Gasteiger partial charge >= 0.3 is 0 Å². The highest BCUT2D eigenvalue weighted by molar-refractivity contribution is 5.98. The van der Waals surface area contributed by atoms with Gasteiger partial charge in [0.2, 0.25) is 11.8 Å². The Hall–Kier alpha value is -1.14. The van der Waals surface area contributed by atoms with Crippen molar-refractivity contribution < 1.29 is 19.1 Å². The molecule has 1 heterocycles. The highest BCUT2D eigenvalue weighted by atomic mass is 16.5. The second kappa shape index (κ2) is 7.04. The smallest absolute Gasteiger partial charge is 0.246 e. The van der Waals surface area contributed by atoms with Crippen LogP contribution in [0.1, 0.15) is 32.1 Å². The minimum Gasteiger partial charge on any atom is -0.385 e. The van der Waals surface area contributed by atoms with Crippen molar-refractivity contribution in [1.82, 2.24) is 10.2 Å². The van der Waals surface area contributed by atoms with Crippen molar-refractivity contribution in [2.45, 2.75) is 37.6 Å². The number of hydrogen-bond donors (Lipinski definition) is 1. The molecule has 2 fully saturated rings. The molecule has 1 spiro atoms. The Morgan fingerprint density at radius 3 is 2.65 bits per heavy atom. The van der Waals surface area contributed by atoms with Crippen LogP contribution in [0.25, 0.3) is 0 Å². The van der Waals surface area contributed by atoms with Crippen LogP contribution in [0.5, 0.6) is 0 Å². The first-order chi connectivity index (χ1) is 9.70. The van der Waals surface area contributed by atoms with E-state index in [1.54, 1.807) is 12.0 Å². The van der Waals surface area contributed by atoms with Gasteiger partial charge in [0.1, 0.15) is 5.54 Å². The second-order valence-electron chi connectivity index (χ2n) is 5.43. The van der Waals surface area contributed by atoms with E-state index in [9.17, 15) is 9.59 Å². The molecular formula is C14H24N2O4. The molecule has 0 aromatic heterocycles. The first kappa shape index (κ1) is 15.3. The largest absolute Gasteiger partial charge is 0.385 e. The van der Waals surface area contributed by atoms with E-state index in [0.717, 1.165) is 32.1 Å². The monoisotopic (exact) mass is 284 g/mol. The zero-order valence-corrected chi connectivity index (χ0v) is 12.2. The lowest BCUT2D eigenvalue weighted by Gasteiger charge is -2.43. The van der Waals surface area contributed by atoms with Crippen molar-refractivity contribution in [3.05, 3.63) is 0 Å². The van der Waals surface area contributed by atoms with Gasteiger partial charge in [0.25, 0.3) is 0 Å². The van der Waals surface area contributed by atoms with Gasteiger partial charge in [0, 0.05) is 26.9 Å². The first-order valence-electron chi connectivity index (χ1n) is 7.36. The molecule has 6 heteroatoms. The highest BCUT2D eigenvalue weighted by Gasteiger charge is 2.50. The van der Waals surface area contributed by atoms with Crippen molar-refractivity contribution in [2.75, 3.05) is 40.0 Å². The van der Waals surface area contributed by atoms with Gasteiger partial charge in [-0.15, -0.1) is 0 Å². The number of nitrogens with zero attached hydrogens (tertiary/aromatic N) is 1. The molecule has 0 unspecified atom stereocenters. The number of amides is 2. The highest BCUT2D eigenvalue weighted by Crippen LogP contribution is 2.37. The number of carbonyl (C=O) groups excluding carboxylic acids is 2. The van der Waals surface area contributed by atoms with Crippen molar-refractivity contribution in [2.24, 2.45) is 0 Å². The minimum absolute atomic E-state index is 0.00647. The summed E-state index contributed by atoms with van der Waals surface area (Å²) < 4.78 is 10.5. The summed E-state index contributed by atoms with van der Waals surface area (Å²) in [5.41, 5.74) is -0.606. The number of hydrogen-bond acceptors (Lipinski definition) is 4. The Labute approximate surface area is 119 Å². The Balaban J connectivity index is 1.86. The van der Waals surface area contributed by atoms with Crippen molar-refractivity contribution in [3.8, 4) is 0 Å². The SMILES string of the molecule is COCCCOCCN1C(=O)CNC(=O)C12CCCC2. The van der Waals surface area contributed by atoms with Crippen LogP contribution >= 0.6 is 0 Å². The van der Waals surface area contributed by atoms with Gasteiger partial charge < -0.3 is 19.7 Å². The van der Waals surface area contributed by atoms with Gasteiger partial charge in [-0.25, -0.2) is 0 Å². The molecule has 0 bridgehead atoms. The van der Waals surface area contributed by atoms with Crippen molar-refractivity contribution in [1.29, 1.82) is 0 Å². The van der Waals surface area contributed by atoms with E-state index >= 15 is 0 Å². The third kappa shape index (κ3) is 3.12. The minimum atomic E-state index is -0.606. The lowest BCUT2D eigenvalue weighted by Crippen LogP contribution is -2.66. The van der Waals surface area contributed by atoms with Crippen LogP contribution in [0.2, 0.25) is 0 Å². The average molecular weight is 284 g/mol. The van der Waals surface area contributed by atoms with E-state index in [0.29, 0.717) is 26.4 Å². The number of methoxy groups -OCH3 is 1. The topological polar surface area (TPSA) is 67.9 Å². The molecule has 2 amide bonds. The molecule has 2 aliphatic rings. The van der Waals surface area contributed by atoms with Gasteiger partial charge in [-0.1, -0.05) is 12.8 Å². The quantitative estimate of drug-likeness (QED) is 0.683. The zero-order chi connectivity index (χ0) is 14.4. The fourth-order valence-electron chi connectivity index (χ4n) is 3.14. The molecule has 0 aromatic carbocycles. The summed E-state index contributed by atoms with van der Waals surface area (Å²) in [6.45, 7) is 2.39. The third-order valence-electron chi connectivity index (χ3n) is 4.17. The van der Waals surface area contributed by atoms with E-state index < -0.39 is 5.54 Å². The summed E-state index contributed by atoms with van der Waals surface area (Å²) in [5.74, 6) is 0.0148. The summed E-state index contributed by atoms with van der Waals surface area (Å²) in [5, 5.41) is 2.73. The van der Waals surface area contributed by atoms with Crippen LogP contribution in [0.3, 0.4) is 0 Å². The molecular weight excluding hydrogens is 260 g/mol. The predicted molar refractivity (Wildman–Crippen MR) is 73.2 cm³/mol. The molecule has 114 valence electrons. The van der Waals surface area contributed by atoms with E-state index in [-0.39, 0.29) is 18.4 Å². The van der Waals surface area contributed by atoms with E-state index in [1.807, 2.05) is 0 Å². The van der Waals surface area contributed by atoms with Crippen LogP contribution < -0.4 is 5.32 Å². The normalized spacial score (nSPS) is 21.6. The van der Waals surface area contributed by atoms with Crippen LogP contribution in [0, 0.1) is 0 Å². The molecule has 0 radical (unpaired) electrons. The average Bonchev–Trinajstić information content (AvgIpc) is 2.92. The second-order valence-corrected chi connectivity index (χ2v) is 5.43. The molecule has 1 aliphatic carbocycles. The van der Waals surface area contributed by atoms with E-state index in [1.165, 1.54) is 0 Å². The van der Waals surface area contributed by atoms with E-state index in [4.69, 9.17) is 9.47 Å². The van der Waals surface area contributed by atoms with Crippen LogP contribution in [-0.2, 0) is 19.1 Å². The summed E-state index contributed by atoms with van der Waals surface area (Å²) in [4.78, 5) is 26.0. The maximum atomic E-state index is 12.2. The number of rotatable bonds is 7. The fraction of sp³-hybridized carbons (Fsp3) is 0.857. The zero-order valence-electron chi connectivity index (χ0n) is 12.2. The molecule has 6 nitrogen and oxygen atoms in total. The first-order valence-corrected chi connectivity index (χ1v) is 7.36. The van der Waals surface area contributed by atoms with Gasteiger partial charge in [-0.2, -0.15) is 0 Å². The van der Waals surface area contributed by atoms with Crippen molar-refractivity contribution in [3.63, 3.8) is 0 Å². The Morgan fingerprint density at radius 2 is 1.95 bits per heavy atom. The Bertz CT molecular complexity index is 353. The molecule has 1 N–H and O–H groups in total. The fourth-order valence-corrected chi connectivity index (χ4v) is 3.14. The number of nitrogens with one attached hydrogen (secondary N) is 1. The van der Waals surface area contributed by atoms with Gasteiger partial charge in [0.05, 0.1) is 13.2 Å².